The second-order valence-electron chi connectivity index (χ2n) is 5.20. The molecule has 6 nitrogen and oxygen atoms in total. The number of rotatable bonds is 9. The van der Waals surface area contributed by atoms with Crippen LogP contribution in [0.25, 0.3) is 0 Å². The maximum Gasteiger partial charge on any atom is 0.333 e. The SMILES string of the molecule is CCOc1cccc(NCCCN(C)C(C)C)c1[N+](=O)[O-]. The highest BCUT2D eigenvalue weighted by Crippen LogP contribution is 2.34. The van der Waals surface area contributed by atoms with Gasteiger partial charge < -0.3 is 15.0 Å². The highest BCUT2D eigenvalue weighted by atomic mass is 16.6. The molecule has 0 saturated carbocycles. The number of para-hydroxylation sites is 1. The quantitative estimate of drug-likeness (QED) is 0.430. The molecule has 1 N–H and O–H groups in total. The number of anilines is 1. The van der Waals surface area contributed by atoms with Gasteiger partial charge in [0.15, 0.2) is 5.75 Å². The number of benzene rings is 1. The topological polar surface area (TPSA) is 67.6 Å². The van der Waals surface area contributed by atoms with Crippen LogP contribution in [0.2, 0.25) is 0 Å². The van der Waals surface area contributed by atoms with Gasteiger partial charge >= 0.3 is 5.69 Å². The van der Waals surface area contributed by atoms with E-state index in [1.807, 2.05) is 6.92 Å². The third-order valence-corrected chi connectivity index (χ3v) is 3.37. The number of nitrogens with zero attached hydrogens (tertiary/aromatic N) is 2. The first-order valence-corrected chi connectivity index (χ1v) is 7.31. The molecule has 0 unspecified atom stereocenters. The number of hydrogen-bond donors (Lipinski definition) is 1. The van der Waals surface area contributed by atoms with Crippen LogP contribution in [0.5, 0.6) is 5.75 Å². The zero-order valence-electron chi connectivity index (χ0n) is 13.3. The van der Waals surface area contributed by atoms with Crippen molar-refractivity contribution in [1.82, 2.24) is 4.90 Å². The Labute approximate surface area is 126 Å². The van der Waals surface area contributed by atoms with Crippen LogP contribution in [0, 0.1) is 10.1 Å². The minimum atomic E-state index is -0.395. The van der Waals surface area contributed by atoms with Gasteiger partial charge in [0.05, 0.1) is 11.5 Å². The molecule has 0 amide bonds. The molecule has 0 fully saturated rings. The first kappa shape index (κ1) is 17.2. The van der Waals surface area contributed by atoms with Gasteiger partial charge in [-0.25, -0.2) is 0 Å². The monoisotopic (exact) mass is 295 g/mol. The first-order chi connectivity index (χ1) is 9.97. The van der Waals surface area contributed by atoms with E-state index in [9.17, 15) is 10.1 Å². The molecule has 1 aromatic rings. The molecule has 0 saturated heterocycles. The van der Waals surface area contributed by atoms with E-state index in [1.54, 1.807) is 18.2 Å². The summed E-state index contributed by atoms with van der Waals surface area (Å²) in [7, 11) is 2.07. The molecule has 0 aliphatic heterocycles. The van der Waals surface area contributed by atoms with Gasteiger partial charge in [-0.1, -0.05) is 6.07 Å². The van der Waals surface area contributed by atoms with Crippen molar-refractivity contribution in [2.75, 3.05) is 32.1 Å². The number of nitro benzene ring substituents is 1. The lowest BCUT2D eigenvalue weighted by atomic mass is 10.2. The first-order valence-electron chi connectivity index (χ1n) is 7.31. The van der Waals surface area contributed by atoms with Crippen LogP contribution in [0.15, 0.2) is 18.2 Å². The van der Waals surface area contributed by atoms with Crippen LogP contribution in [-0.2, 0) is 0 Å². The van der Waals surface area contributed by atoms with Gasteiger partial charge in [-0.3, -0.25) is 10.1 Å². The summed E-state index contributed by atoms with van der Waals surface area (Å²) in [6.07, 6.45) is 0.921. The Kier molecular flexibility index (Phi) is 6.94. The third kappa shape index (κ3) is 5.23. The van der Waals surface area contributed by atoms with Gasteiger partial charge in [0.2, 0.25) is 0 Å². The standard InChI is InChI=1S/C15H25N3O3/c1-5-21-14-9-6-8-13(15(14)18(19)20)16-10-7-11-17(4)12(2)3/h6,8-9,12,16H,5,7,10-11H2,1-4H3. The largest absolute Gasteiger partial charge is 0.487 e. The molecule has 0 spiro atoms. The van der Waals surface area contributed by atoms with Gasteiger partial charge in [-0.05, 0) is 52.9 Å². The fourth-order valence-corrected chi connectivity index (χ4v) is 1.93. The van der Waals surface area contributed by atoms with Crippen LogP contribution in [0.1, 0.15) is 27.2 Å². The third-order valence-electron chi connectivity index (χ3n) is 3.37. The maximum atomic E-state index is 11.2. The molecule has 21 heavy (non-hydrogen) atoms. The second kappa shape index (κ2) is 8.46. The van der Waals surface area contributed by atoms with Crippen LogP contribution >= 0.6 is 0 Å². The molecule has 0 radical (unpaired) electrons. The normalized spacial score (nSPS) is 11.0. The highest BCUT2D eigenvalue weighted by Gasteiger charge is 2.20. The summed E-state index contributed by atoms with van der Waals surface area (Å²) in [4.78, 5) is 13.1. The van der Waals surface area contributed by atoms with Gasteiger partial charge in [-0.2, -0.15) is 0 Å². The van der Waals surface area contributed by atoms with E-state index in [-0.39, 0.29) is 5.69 Å². The highest BCUT2D eigenvalue weighted by molar-refractivity contribution is 5.68. The van der Waals surface area contributed by atoms with Crippen LogP contribution < -0.4 is 10.1 Å². The Morgan fingerprint density at radius 1 is 1.43 bits per heavy atom. The molecule has 6 heteroatoms. The molecule has 0 bridgehead atoms. The lowest BCUT2D eigenvalue weighted by Crippen LogP contribution is -2.28. The van der Waals surface area contributed by atoms with E-state index in [0.717, 1.165) is 13.0 Å². The number of nitro groups is 1. The molecule has 0 atom stereocenters. The van der Waals surface area contributed by atoms with Gasteiger partial charge in [0.1, 0.15) is 5.69 Å². The summed E-state index contributed by atoms with van der Waals surface area (Å²) in [6.45, 7) is 8.14. The molecule has 0 aliphatic carbocycles. The van der Waals surface area contributed by atoms with E-state index >= 15 is 0 Å². The number of nitrogens with one attached hydrogen (secondary N) is 1. The van der Waals surface area contributed by atoms with Crippen molar-refractivity contribution >= 4 is 11.4 Å². The molecule has 0 heterocycles. The van der Waals surface area contributed by atoms with Crippen molar-refractivity contribution in [2.45, 2.75) is 33.2 Å². The van der Waals surface area contributed by atoms with Crippen LogP contribution in [0.3, 0.4) is 0 Å². The predicted octanol–water partition coefficient (Wildman–Crippen LogP) is 3.14. The van der Waals surface area contributed by atoms with Crippen molar-refractivity contribution in [1.29, 1.82) is 0 Å². The van der Waals surface area contributed by atoms with Crippen molar-refractivity contribution < 1.29 is 9.66 Å². The van der Waals surface area contributed by atoms with Crippen LogP contribution in [-0.4, -0.2) is 42.6 Å². The van der Waals surface area contributed by atoms with Gasteiger partial charge in [-0.15, -0.1) is 0 Å². The number of hydrogen-bond acceptors (Lipinski definition) is 5. The van der Waals surface area contributed by atoms with Crippen molar-refractivity contribution in [2.24, 2.45) is 0 Å². The molecular formula is C15H25N3O3. The van der Waals surface area contributed by atoms with E-state index in [2.05, 4.69) is 31.1 Å². The van der Waals surface area contributed by atoms with Crippen LogP contribution in [0.4, 0.5) is 11.4 Å². The molecule has 1 aromatic carbocycles. The average Bonchev–Trinajstić information content (AvgIpc) is 2.43. The Bertz CT molecular complexity index is 463. The molecule has 0 aromatic heterocycles. The van der Waals surface area contributed by atoms with Gasteiger partial charge in [0.25, 0.3) is 0 Å². The van der Waals surface area contributed by atoms with E-state index in [1.165, 1.54) is 0 Å². The lowest BCUT2D eigenvalue weighted by Gasteiger charge is -2.20. The Hall–Kier alpha value is -1.82. The summed E-state index contributed by atoms with van der Waals surface area (Å²) in [5, 5.41) is 14.4. The molecular weight excluding hydrogens is 270 g/mol. The maximum absolute atomic E-state index is 11.2. The second-order valence-corrected chi connectivity index (χ2v) is 5.20. The number of ether oxygens (including phenoxy) is 1. The van der Waals surface area contributed by atoms with Crippen molar-refractivity contribution in [3.8, 4) is 5.75 Å². The fraction of sp³-hybridized carbons (Fsp3) is 0.600. The average molecular weight is 295 g/mol. The van der Waals surface area contributed by atoms with Crippen molar-refractivity contribution in [3.05, 3.63) is 28.3 Å². The van der Waals surface area contributed by atoms with E-state index < -0.39 is 4.92 Å². The summed E-state index contributed by atoms with van der Waals surface area (Å²) in [6, 6.07) is 5.60. The Morgan fingerprint density at radius 2 is 2.14 bits per heavy atom. The Morgan fingerprint density at radius 3 is 2.71 bits per heavy atom. The smallest absolute Gasteiger partial charge is 0.333 e. The summed E-state index contributed by atoms with van der Waals surface area (Å²) in [5.74, 6) is 0.312. The van der Waals surface area contributed by atoms with Crippen molar-refractivity contribution in [3.63, 3.8) is 0 Å². The fourth-order valence-electron chi connectivity index (χ4n) is 1.93. The molecule has 1 rings (SSSR count). The summed E-state index contributed by atoms with van der Waals surface area (Å²) < 4.78 is 5.33. The minimum absolute atomic E-state index is 0.0107. The zero-order chi connectivity index (χ0) is 15.8. The Balaban J connectivity index is 2.66. The summed E-state index contributed by atoms with van der Waals surface area (Å²) >= 11 is 0. The summed E-state index contributed by atoms with van der Waals surface area (Å²) in [5.41, 5.74) is 0.523. The van der Waals surface area contributed by atoms with E-state index in [4.69, 9.17) is 4.74 Å². The zero-order valence-corrected chi connectivity index (χ0v) is 13.3. The predicted molar refractivity (Wildman–Crippen MR) is 85.1 cm³/mol. The minimum Gasteiger partial charge on any atom is -0.487 e. The van der Waals surface area contributed by atoms with Gasteiger partial charge in [0, 0.05) is 12.6 Å². The molecule has 118 valence electrons. The van der Waals surface area contributed by atoms with E-state index in [0.29, 0.717) is 30.6 Å². The molecule has 0 aliphatic rings. The lowest BCUT2D eigenvalue weighted by molar-refractivity contribution is -0.384.